The molecule has 9 nitrogen and oxygen atoms in total. The van der Waals surface area contributed by atoms with E-state index in [0.29, 0.717) is 46.7 Å². The molecule has 0 bridgehead atoms. The van der Waals surface area contributed by atoms with Gasteiger partial charge in [0, 0.05) is 19.2 Å². The number of rotatable bonds is 3. The Morgan fingerprint density at radius 1 is 1.19 bits per heavy atom. The summed E-state index contributed by atoms with van der Waals surface area (Å²) >= 11 is 0. The Kier molecular flexibility index (Phi) is 6.15. The van der Waals surface area contributed by atoms with Gasteiger partial charge in [0.25, 0.3) is 0 Å². The molecule has 0 unspecified atom stereocenters. The van der Waals surface area contributed by atoms with Crippen molar-refractivity contribution in [2.75, 3.05) is 12.8 Å². The first-order valence-electron chi connectivity index (χ1n) is 10.1. The predicted molar refractivity (Wildman–Crippen MR) is 116 cm³/mol. The van der Waals surface area contributed by atoms with Crippen molar-refractivity contribution in [3.63, 3.8) is 0 Å². The maximum atomic E-state index is 12.6. The first-order valence-corrected chi connectivity index (χ1v) is 11.9. The van der Waals surface area contributed by atoms with Crippen molar-refractivity contribution >= 4 is 15.9 Å². The van der Waals surface area contributed by atoms with E-state index in [1.54, 1.807) is 46.8 Å². The molecule has 0 atom stereocenters. The number of aromatic nitrogens is 2. The number of aryl methyl sites for hydroxylation is 2. The van der Waals surface area contributed by atoms with Crippen molar-refractivity contribution in [3.8, 4) is 17.7 Å². The summed E-state index contributed by atoms with van der Waals surface area (Å²) in [5.74, 6) is 0.540. The highest BCUT2D eigenvalue weighted by Crippen LogP contribution is 2.34. The largest absolute Gasteiger partial charge is 0.444 e. The molecule has 2 heterocycles. The van der Waals surface area contributed by atoms with E-state index in [0.717, 1.165) is 6.26 Å². The zero-order chi connectivity index (χ0) is 23.8. The highest BCUT2D eigenvalue weighted by atomic mass is 32.2. The molecule has 2 aromatic rings. The fourth-order valence-corrected chi connectivity index (χ4v) is 3.89. The standard InChI is InChI=1S/C22H26N4O5S/c1-13-9-15(11-23)10-14(2)18(13)30-19-16-12-26(21(27)31-22(3,4)5)8-7-17(16)24-20(25-19)32(6,28)29/h9-10H,7-8,12H2,1-6H3. The summed E-state index contributed by atoms with van der Waals surface area (Å²) in [5, 5.41) is 8.85. The fraction of sp³-hybridized carbons (Fsp3) is 0.455. The van der Waals surface area contributed by atoms with Gasteiger partial charge in [0.2, 0.25) is 20.9 Å². The summed E-state index contributed by atoms with van der Waals surface area (Å²) in [6.45, 7) is 9.40. The Morgan fingerprint density at radius 3 is 2.34 bits per heavy atom. The predicted octanol–water partition coefficient (Wildman–Crippen LogP) is 3.45. The number of carbonyl (C=O) groups excluding carboxylic acids is 1. The first-order chi connectivity index (χ1) is 14.8. The van der Waals surface area contributed by atoms with E-state index >= 15 is 0 Å². The molecule has 1 amide bonds. The van der Waals surface area contributed by atoms with Gasteiger partial charge < -0.3 is 14.4 Å². The van der Waals surface area contributed by atoms with Crippen LogP contribution in [0.2, 0.25) is 0 Å². The molecule has 0 saturated heterocycles. The molecule has 1 aliphatic rings. The quantitative estimate of drug-likeness (QED) is 0.641. The van der Waals surface area contributed by atoms with Gasteiger partial charge in [-0.1, -0.05) is 0 Å². The van der Waals surface area contributed by atoms with E-state index in [-0.39, 0.29) is 17.6 Å². The van der Waals surface area contributed by atoms with Gasteiger partial charge in [0.1, 0.15) is 11.4 Å². The van der Waals surface area contributed by atoms with Crippen molar-refractivity contribution in [3.05, 3.63) is 40.1 Å². The van der Waals surface area contributed by atoms with Crippen molar-refractivity contribution in [2.45, 2.75) is 58.3 Å². The van der Waals surface area contributed by atoms with E-state index in [9.17, 15) is 18.5 Å². The zero-order valence-corrected chi connectivity index (χ0v) is 19.8. The molecule has 0 N–H and O–H groups in total. The molecule has 170 valence electrons. The van der Waals surface area contributed by atoms with Crippen molar-refractivity contribution in [1.29, 1.82) is 5.26 Å². The molecule has 0 saturated carbocycles. The summed E-state index contributed by atoms with van der Waals surface area (Å²) < 4.78 is 35.9. The molecule has 1 aliphatic heterocycles. The molecule has 0 aliphatic carbocycles. The van der Waals surface area contributed by atoms with Crippen LogP contribution in [0.5, 0.6) is 11.6 Å². The maximum absolute atomic E-state index is 12.6. The Labute approximate surface area is 187 Å². The van der Waals surface area contributed by atoms with E-state index in [2.05, 4.69) is 16.0 Å². The van der Waals surface area contributed by atoms with Crippen LogP contribution in [0.15, 0.2) is 17.3 Å². The number of carbonyl (C=O) groups is 1. The van der Waals surface area contributed by atoms with Crippen molar-refractivity contribution in [2.24, 2.45) is 0 Å². The number of fused-ring (bicyclic) bond motifs is 1. The Morgan fingerprint density at radius 2 is 1.81 bits per heavy atom. The maximum Gasteiger partial charge on any atom is 0.410 e. The zero-order valence-electron chi connectivity index (χ0n) is 19.0. The minimum atomic E-state index is -3.69. The molecule has 0 spiro atoms. The van der Waals surface area contributed by atoms with Crippen LogP contribution in [-0.4, -0.2) is 47.8 Å². The van der Waals surface area contributed by atoms with Gasteiger partial charge in [-0.3, -0.25) is 0 Å². The minimum Gasteiger partial charge on any atom is -0.444 e. The average Bonchev–Trinajstić information content (AvgIpc) is 2.67. The molecule has 10 heteroatoms. The molecular formula is C22H26N4O5S. The summed E-state index contributed by atoms with van der Waals surface area (Å²) in [6, 6.07) is 5.46. The van der Waals surface area contributed by atoms with Crippen LogP contribution < -0.4 is 4.74 Å². The number of hydrogen-bond acceptors (Lipinski definition) is 8. The molecule has 1 aromatic carbocycles. The topological polar surface area (TPSA) is 122 Å². The number of amides is 1. The number of sulfone groups is 1. The molecule has 1 aromatic heterocycles. The van der Waals surface area contributed by atoms with Gasteiger partial charge in [-0.25, -0.2) is 18.2 Å². The first kappa shape index (κ1) is 23.5. The van der Waals surface area contributed by atoms with E-state index in [4.69, 9.17) is 9.47 Å². The average molecular weight is 459 g/mol. The van der Waals surface area contributed by atoms with Crippen LogP contribution in [0.1, 0.15) is 48.7 Å². The lowest BCUT2D eigenvalue weighted by molar-refractivity contribution is 0.0220. The summed E-state index contributed by atoms with van der Waals surface area (Å²) in [4.78, 5) is 22.5. The lowest BCUT2D eigenvalue weighted by Gasteiger charge is -2.31. The SMILES string of the molecule is Cc1cc(C#N)cc(C)c1Oc1nc(S(C)(=O)=O)nc2c1CN(C(=O)OC(C)(C)C)CC2. The van der Waals surface area contributed by atoms with Crippen LogP contribution in [0.4, 0.5) is 4.79 Å². The van der Waals surface area contributed by atoms with E-state index in [1.807, 2.05) is 0 Å². The number of nitrogens with zero attached hydrogens (tertiary/aromatic N) is 4. The highest BCUT2D eigenvalue weighted by Gasteiger charge is 2.31. The lowest BCUT2D eigenvalue weighted by Crippen LogP contribution is -2.40. The molecule has 32 heavy (non-hydrogen) atoms. The van der Waals surface area contributed by atoms with Gasteiger partial charge in [-0.05, 0) is 57.9 Å². The summed E-state index contributed by atoms with van der Waals surface area (Å²) in [6.07, 6.45) is 0.889. The second kappa shape index (κ2) is 8.39. The molecular weight excluding hydrogens is 432 g/mol. The van der Waals surface area contributed by atoms with Crippen molar-refractivity contribution in [1.82, 2.24) is 14.9 Å². The van der Waals surface area contributed by atoms with Crippen LogP contribution in [0.3, 0.4) is 0 Å². The van der Waals surface area contributed by atoms with Gasteiger partial charge in [0.05, 0.1) is 29.4 Å². The summed E-state index contributed by atoms with van der Waals surface area (Å²) in [7, 11) is -3.69. The number of hydrogen-bond donors (Lipinski definition) is 0. The molecule has 3 rings (SSSR count). The Bertz CT molecular complexity index is 1200. The monoisotopic (exact) mass is 458 g/mol. The number of ether oxygens (including phenoxy) is 2. The van der Waals surface area contributed by atoms with Gasteiger partial charge in [-0.15, -0.1) is 0 Å². The normalized spacial score (nSPS) is 13.8. The van der Waals surface area contributed by atoms with Gasteiger partial charge >= 0.3 is 6.09 Å². The third-order valence-electron chi connectivity index (χ3n) is 4.77. The third kappa shape index (κ3) is 5.16. The lowest BCUT2D eigenvalue weighted by atomic mass is 10.1. The number of nitriles is 1. The number of benzene rings is 1. The van der Waals surface area contributed by atoms with Crippen LogP contribution >= 0.6 is 0 Å². The minimum absolute atomic E-state index is 0.0691. The van der Waals surface area contributed by atoms with E-state index < -0.39 is 21.5 Å². The Hall–Kier alpha value is -3.19. The van der Waals surface area contributed by atoms with E-state index in [1.165, 1.54) is 4.90 Å². The fourth-order valence-electron chi connectivity index (χ4n) is 3.37. The second-order valence-corrected chi connectivity index (χ2v) is 10.7. The van der Waals surface area contributed by atoms with Crippen molar-refractivity contribution < 1.29 is 22.7 Å². The Balaban J connectivity index is 2.06. The molecule has 0 radical (unpaired) electrons. The van der Waals surface area contributed by atoms with Crippen LogP contribution in [-0.2, 0) is 27.5 Å². The van der Waals surface area contributed by atoms with Gasteiger partial charge in [0.15, 0.2) is 0 Å². The van der Waals surface area contributed by atoms with Gasteiger partial charge in [-0.2, -0.15) is 10.2 Å². The summed E-state index contributed by atoms with van der Waals surface area (Å²) in [5.41, 5.74) is 2.29. The third-order valence-corrected chi connectivity index (χ3v) is 5.62. The van der Waals surface area contributed by atoms with Crippen LogP contribution in [0.25, 0.3) is 0 Å². The highest BCUT2D eigenvalue weighted by molar-refractivity contribution is 7.90. The van der Waals surface area contributed by atoms with Crippen LogP contribution in [0, 0.1) is 25.2 Å². The second-order valence-electron chi connectivity index (χ2n) is 8.81. The molecule has 0 fully saturated rings. The smallest absolute Gasteiger partial charge is 0.410 e.